The van der Waals surface area contributed by atoms with E-state index in [1.807, 2.05) is 0 Å². The molecule has 1 rings (SSSR count). The van der Waals surface area contributed by atoms with Gasteiger partial charge in [0.1, 0.15) is 16.3 Å². The number of likely N-dealkylation sites (N-methyl/N-ethyl adjacent to an activating group) is 1. The van der Waals surface area contributed by atoms with Crippen LogP contribution >= 0.6 is 0 Å². The van der Waals surface area contributed by atoms with E-state index >= 15 is 0 Å². The fourth-order valence-electron chi connectivity index (χ4n) is 1.24. The van der Waals surface area contributed by atoms with Crippen LogP contribution < -0.4 is 0 Å². The molecule has 0 saturated carbocycles. The molecule has 0 unspecified atom stereocenters. The van der Waals surface area contributed by atoms with Crippen LogP contribution in [-0.4, -0.2) is 36.4 Å². The van der Waals surface area contributed by atoms with Gasteiger partial charge in [0.05, 0.1) is 0 Å². The molecule has 0 radical (unpaired) electrons. The summed E-state index contributed by atoms with van der Waals surface area (Å²) in [5.74, 6) is -2.23. The van der Waals surface area contributed by atoms with Crippen LogP contribution in [0.2, 0.25) is 0 Å². The maximum atomic E-state index is 13.5. The maximum Gasteiger partial charge on any atom is 0.324 e. The van der Waals surface area contributed by atoms with Gasteiger partial charge < -0.3 is 5.11 Å². The number of carboxylic acid groups (broad SMARTS) is 1. The largest absolute Gasteiger partial charge is 0.480 e. The highest BCUT2D eigenvalue weighted by Gasteiger charge is 2.40. The number of hydrogen-bond acceptors (Lipinski definition) is 3. The number of benzene rings is 1. The molecule has 0 bridgehead atoms. The zero-order valence-electron chi connectivity index (χ0n) is 10.2. The first-order valence-electron chi connectivity index (χ1n) is 5.08. The molecule has 0 heterocycles. The summed E-state index contributed by atoms with van der Waals surface area (Å²) in [6.45, 7) is 2.46. The molecule has 0 fully saturated rings. The predicted molar refractivity (Wildman–Crippen MR) is 63.1 cm³/mol. The third-order valence-corrected chi connectivity index (χ3v) is 4.85. The van der Waals surface area contributed by atoms with E-state index in [1.54, 1.807) is 0 Å². The van der Waals surface area contributed by atoms with E-state index in [-0.39, 0.29) is 0 Å². The Bertz CT molecular complexity index is 568. The normalized spacial score (nSPS) is 12.7. The van der Waals surface area contributed by atoms with Gasteiger partial charge in [-0.1, -0.05) is 12.1 Å². The Morgan fingerprint density at radius 2 is 1.83 bits per heavy atom. The van der Waals surface area contributed by atoms with Crippen molar-refractivity contribution >= 4 is 16.0 Å². The monoisotopic (exact) mass is 275 g/mol. The van der Waals surface area contributed by atoms with Gasteiger partial charge in [0.25, 0.3) is 0 Å². The molecule has 0 atom stereocenters. The first-order valence-corrected chi connectivity index (χ1v) is 6.52. The number of carbonyl (C=O) groups is 1. The van der Waals surface area contributed by atoms with Crippen molar-refractivity contribution in [3.63, 3.8) is 0 Å². The average Bonchev–Trinajstić information content (AvgIpc) is 2.28. The number of nitrogens with zero attached hydrogens (tertiary/aromatic N) is 1. The number of rotatable bonds is 4. The molecule has 18 heavy (non-hydrogen) atoms. The second-order valence-electron chi connectivity index (χ2n) is 4.27. The molecule has 5 nitrogen and oxygen atoms in total. The van der Waals surface area contributed by atoms with E-state index in [1.165, 1.54) is 26.0 Å². The van der Waals surface area contributed by atoms with Crippen molar-refractivity contribution in [3.05, 3.63) is 30.1 Å². The molecule has 1 aromatic rings. The molecule has 1 N–H and O–H groups in total. The van der Waals surface area contributed by atoms with Crippen molar-refractivity contribution < 1.29 is 22.7 Å². The Balaban J connectivity index is 3.33. The van der Waals surface area contributed by atoms with Gasteiger partial charge in [0, 0.05) is 7.05 Å². The van der Waals surface area contributed by atoms with E-state index in [4.69, 9.17) is 5.11 Å². The topological polar surface area (TPSA) is 74.7 Å². The summed E-state index contributed by atoms with van der Waals surface area (Å²) in [7, 11) is -3.09. The lowest BCUT2D eigenvalue weighted by Gasteiger charge is -2.30. The SMILES string of the molecule is CN(C(C)(C)C(=O)O)S(=O)(=O)c1ccccc1F. The van der Waals surface area contributed by atoms with Gasteiger partial charge in [0.2, 0.25) is 10.0 Å². The van der Waals surface area contributed by atoms with E-state index < -0.39 is 32.2 Å². The van der Waals surface area contributed by atoms with Crippen molar-refractivity contribution in [3.8, 4) is 0 Å². The van der Waals surface area contributed by atoms with Gasteiger partial charge >= 0.3 is 5.97 Å². The lowest BCUT2D eigenvalue weighted by molar-refractivity contribution is -0.145. The quantitative estimate of drug-likeness (QED) is 0.899. The summed E-state index contributed by atoms with van der Waals surface area (Å²) in [5.41, 5.74) is -1.67. The highest BCUT2D eigenvalue weighted by atomic mass is 32.2. The van der Waals surface area contributed by atoms with Crippen LogP contribution in [0.25, 0.3) is 0 Å². The number of hydrogen-bond donors (Lipinski definition) is 1. The Labute approximate surface area is 105 Å². The molecule has 0 aliphatic rings. The van der Waals surface area contributed by atoms with Gasteiger partial charge in [-0.25, -0.2) is 12.8 Å². The summed E-state index contributed by atoms with van der Waals surface area (Å²) >= 11 is 0. The lowest BCUT2D eigenvalue weighted by atomic mass is 10.1. The molecule has 0 spiro atoms. The van der Waals surface area contributed by atoms with Crippen molar-refractivity contribution in [1.29, 1.82) is 0 Å². The molecule has 1 aromatic carbocycles. The minimum absolute atomic E-state index is 0.540. The zero-order chi connectivity index (χ0) is 14.1. The second kappa shape index (κ2) is 4.66. The summed E-state index contributed by atoms with van der Waals surface area (Å²) in [6.07, 6.45) is 0. The average molecular weight is 275 g/mol. The molecule has 0 aromatic heterocycles. The summed E-state index contributed by atoms with van der Waals surface area (Å²) < 4.78 is 38.4. The molecule has 0 aliphatic carbocycles. The standard InChI is InChI=1S/C11H14FNO4S/c1-11(2,10(14)15)13(3)18(16,17)9-7-5-4-6-8(9)12/h4-7H,1-3H3,(H,14,15). The molecular formula is C11H14FNO4S. The highest BCUT2D eigenvalue weighted by molar-refractivity contribution is 7.89. The van der Waals surface area contributed by atoms with Gasteiger partial charge in [-0.15, -0.1) is 0 Å². The molecule has 0 amide bonds. The van der Waals surface area contributed by atoms with Gasteiger partial charge in [0.15, 0.2) is 0 Å². The minimum Gasteiger partial charge on any atom is -0.480 e. The number of aliphatic carboxylic acids is 1. The van der Waals surface area contributed by atoms with Crippen molar-refractivity contribution in [1.82, 2.24) is 4.31 Å². The third-order valence-electron chi connectivity index (χ3n) is 2.79. The summed E-state index contributed by atoms with van der Waals surface area (Å²) in [4.78, 5) is 10.5. The minimum atomic E-state index is -4.19. The van der Waals surface area contributed by atoms with E-state index in [0.29, 0.717) is 4.31 Å². The highest BCUT2D eigenvalue weighted by Crippen LogP contribution is 2.24. The molecular weight excluding hydrogens is 261 g/mol. The molecule has 0 aliphatic heterocycles. The second-order valence-corrected chi connectivity index (χ2v) is 6.20. The maximum absolute atomic E-state index is 13.5. The van der Waals surface area contributed by atoms with Crippen LogP contribution in [-0.2, 0) is 14.8 Å². The third kappa shape index (κ3) is 2.37. The molecule has 7 heteroatoms. The number of halogens is 1. The van der Waals surface area contributed by atoms with Gasteiger partial charge in [-0.3, -0.25) is 4.79 Å². The molecule has 0 saturated heterocycles. The Hall–Kier alpha value is -1.47. The Kier molecular flexibility index (Phi) is 3.78. The fourth-order valence-corrected chi connectivity index (χ4v) is 2.78. The van der Waals surface area contributed by atoms with Crippen LogP contribution in [0.3, 0.4) is 0 Å². The first kappa shape index (κ1) is 14.6. The Morgan fingerprint density at radius 1 is 1.33 bits per heavy atom. The van der Waals surface area contributed by atoms with Gasteiger partial charge in [-0.2, -0.15) is 4.31 Å². The number of sulfonamides is 1. The Morgan fingerprint density at radius 3 is 2.28 bits per heavy atom. The smallest absolute Gasteiger partial charge is 0.324 e. The van der Waals surface area contributed by atoms with Crippen LogP contribution in [0.15, 0.2) is 29.2 Å². The zero-order valence-corrected chi connectivity index (χ0v) is 11.0. The van der Waals surface area contributed by atoms with Crippen LogP contribution in [0.1, 0.15) is 13.8 Å². The summed E-state index contributed by atoms with van der Waals surface area (Å²) in [6, 6.07) is 4.84. The van der Waals surface area contributed by atoms with E-state index in [0.717, 1.165) is 19.2 Å². The van der Waals surface area contributed by atoms with Crippen LogP contribution in [0.4, 0.5) is 4.39 Å². The number of carboxylic acids is 1. The van der Waals surface area contributed by atoms with Crippen molar-refractivity contribution in [2.24, 2.45) is 0 Å². The van der Waals surface area contributed by atoms with E-state index in [9.17, 15) is 17.6 Å². The fraction of sp³-hybridized carbons (Fsp3) is 0.364. The van der Waals surface area contributed by atoms with Crippen LogP contribution in [0.5, 0.6) is 0 Å². The molecule has 100 valence electrons. The first-order chi connectivity index (χ1) is 8.11. The van der Waals surface area contributed by atoms with Crippen LogP contribution in [0, 0.1) is 5.82 Å². The van der Waals surface area contributed by atoms with Crippen molar-refractivity contribution in [2.75, 3.05) is 7.05 Å². The predicted octanol–water partition coefficient (Wildman–Crippen LogP) is 1.31. The van der Waals surface area contributed by atoms with E-state index in [2.05, 4.69) is 0 Å². The summed E-state index contributed by atoms with van der Waals surface area (Å²) in [5, 5.41) is 8.99. The van der Waals surface area contributed by atoms with Gasteiger partial charge in [-0.05, 0) is 26.0 Å². The lowest BCUT2D eigenvalue weighted by Crippen LogP contribution is -2.50. The van der Waals surface area contributed by atoms with Crippen molar-refractivity contribution in [2.45, 2.75) is 24.3 Å².